The zero-order valence-corrected chi connectivity index (χ0v) is 13.7. The summed E-state index contributed by atoms with van der Waals surface area (Å²) in [6.07, 6.45) is 0.874. The molecule has 1 aromatic rings. The van der Waals surface area contributed by atoms with E-state index in [-0.39, 0.29) is 24.2 Å². The third-order valence-electron chi connectivity index (χ3n) is 3.51. The molecule has 22 heavy (non-hydrogen) atoms. The normalized spacial score (nSPS) is 11.4. The smallest absolute Gasteiger partial charge is 0.235 e. The topological polar surface area (TPSA) is 58.2 Å². The highest BCUT2D eigenvalue weighted by atomic mass is 19.1. The van der Waals surface area contributed by atoms with Gasteiger partial charge in [-0.3, -0.25) is 9.59 Å². The van der Waals surface area contributed by atoms with Crippen molar-refractivity contribution in [2.45, 2.75) is 40.7 Å². The van der Waals surface area contributed by atoms with E-state index in [4.69, 9.17) is 0 Å². The Balaban J connectivity index is 2.50. The van der Waals surface area contributed by atoms with E-state index in [1.807, 2.05) is 0 Å². The molecule has 5 heteroatoms. The Morgan fingerprint density at radius 3 is 2.18 bits per heavy atom. The number of halogens is 1. The lowest BCUT2D eigenvalue weighted by Crippen LogP contribution is -2.47. The first-order chi connectivity index (χ1) is 10.2. The molecule has 2 N–H and O–H groups in total. The van der Waals surface area contributed by atoms with E-state index in [0.29, 0.717) is 12.5 Å². The van der Waals surface area contributed by atoms with Crippen LogP contribution in [-0.4, -0.2) is 18.4 Å². The van der Waals surface area contributed by atoms with Gasteiger partial charge >= 0.3 is 0 Å². The van der Waals surface area contributed by atoms with Crippen LogP contribution in [0.4, 0.5) is 4.39 Å². The molecule has 0 aliphatic rings. The van der Waals surface area contributed by atoms with E-state index in [0.717, 1.165) is 12.0 Å². The summed E-state index contributed by atoms with van der Waals surface area (Å²) in [5.41, 5.74) is -0.359. The fraction of sp³-hybridized carbons (Fsp3) is 0.529. The minimum Gasteiger partial charge on any atom is -0.355 e. The van der Waals surface area contributed by atoms with Gasteiger partial charge in [0.15, 0.2) is 0 Å². The van der Waals surface area contributed by atoms with Gasteiger partial charge in [0.2, 0.25) is 11.8 Å². The van der Waals surface area contributed by atoms with Gasteiger partial charge in [-0.2, -0.15) is 0 Å². The Bertz CT molecular complexity index is 510. The zero-order chi connectivity index (χ0) is 16.8. The molecule has 0 unspecified atom stereocenters. The summed E-state index contributed by atoms with van der Waals surface area (Å²) in [5.74, 6) is -0.459. The van der Waals surface area contributed by atoms with Crippen LogP contribution in [0.1, 0.15) is 39.7 Å². The first kappa shape index (κ1) is 18.1. The number of amides is 2. The molecule has 0 saturated carbocycles. The summed E-state index contributed by atoms with van der Waals surface area (Å²) in [6.45, 7) is 8.17. The third-order valence-corrected chi connectivity index (χ3v) is 3.51. The van der Waals surface area contributed by atoms with Crippen LogP contribution in [0.25, 0.3) is 0 Å². The summed E-state index contributed by atoms with van der Waals surface area (Å²) >= 11 is 0. The van der Waals surface area contributed by atoms with Gasteiger partial charge in [-0.15, -0.1) is 0 Å². The van der Waals surface area contributed by atoms with E-state index in [2.05, 4.69) is 24.5 Å². The highest BCUT2D eigenvalue weighted by molar-refractivity contribution is 6.04. The van der Waals surface area contributed by atoms with Crippen LogP contribution in [0.15, 0.2) is 24.3 Å². The maximum atomic E-state index is 12.8. The number of carbonyl (C=O) groups excluding carboxylic acids is 2. The number of rotatable bonds is 7. The van der Waals surface area contributed by atoms with Gasteiger partial charge in [0.1, 0.15) is 11.2 Å². The van der Waals surface area contributed by atoms with E-state index < -0.39 is 5.41 Å². The van der Waals surface area contributed by atoms with Gasteiger partial charge in [-0.25, -0.2) is 4.39 Å². The SMILES string of the molecule is CC(C)CCNC(=O)C(C)(C)C(=O)NCc1ccc(F)cc1. The van der Waals surface area contributed by atoms with Crippen molar-refractivity contribution in [1.82, 2.24) is 10.6 Å². The summed E-state index contributed by atoms with van der Waals surface area (Å²) in [7, 11) is 0. The minimum atomic E-state index is -1.14. The predicted octanol–water partition coefficient (Wildman–Crippen LogP) is 2.63. The van der Waals surface area contributed by atoms with Crippen molar-refractivity contribution in [2.75, 3.05) is 6.54 Å². The molecule has 0 spiro atoms. The summed E-state index contributed by atoms with van der Waals surface area (Å²) in [5, 5.41) is 5.51. The van der Waals surface area contributed by atoms with E-state index >= 15 is 0 Å². The molecule has 0 fully saturated rings. The van der Waals surface area contributed by atoms with Crippen molar-refractivity contribution in [2.24, 2.45) is 11.3 Å². The molecule has 1 aromatic carbocycles. The first-order valence-electron chi connectivity index (χ1n) is 7.54. The molecule has 4 nitrogen and oxygen atoms in total. The number of hydrogen-bond acceptors (Lipinski definition) is 2. The van der Waals surface area contributed by atoms with Gasteiger partial charge in [0.05, 0.1) is 0 Å². The van der Waals surface area contributed by atoms with Crippen LogP contribution in [0.5, 0.6) is 0 Å². The van der Waals surface area contributed by atoms with E-state index in [1.165, 1.54) is 12.1 Å². The first-order valence-corrected chi connectivity index (χ1v) is 7.54. The van der Waals surface area contributed by atoms with Gasteiger partial charge < -0.3 is 10.6 Å². The molecule has 0 atom stereocenters. The van der Waals surface area contributed by atoms with Crippen LogP contribution >= 0.6 is 0 Å². The highest BCUT2D eigenvalue weighted by Crippen LogP contribution is 2.16. The number of hydrogen-bond donors (Lipinski definition) is 2. The summed E-state index contributed by atoms with van der Waals surface area (Å²) < 4.78 is 12.8. The molecule has 0 aromatic heterocycles. The lowest BCUT2D eigenvalue weighted by molar-refractivity contribution is -0.141. The number of nitrogens with one attached hydrogen (secondary N) is 2. The molecular formula is C17H25FN2O2. The molecule has 0 aliphatic carbocycles. The molecule has 0 bridgehead atoms. The van der Waals surface area contributed by atoms with E-state index in [9.17, 15) is 14.0 Å². The van der Waals surface area contributed by atoms with Crippen molar-refractivity contribution in [3.05, 3.63) is 35.6 Å². The molecule has 122 valence electrons. The lowest BCUT2D eigenvalue weighted by atomic mass is 9.91. The zero-order valence-electron chi connectivity index (χ0n) is 13.7. The Morgan fingerprint density at radius 2 is 1.64 bits per heavy atom. The molecular weight excluding hydrogens is 283 g/mol. The monoisotopic (exact) mass is 308 g/mol. The molecule has 2 amide bonds. The average Bonchev–Trinajstić information content (AvgIpc) is 2.45. The predicted molar refractivity (Wildman–Crippen MR) is 84.5 cm³/mol. The van der Waals surface area contributed by atoms with Crippen LogP contribution < -0.4 is 10.6 Å². The van der Waals surface area contributed by atoms with Crippen LogP contribution in [0, 0.1) is 17.2 Å². The minimum absolute atomic E-state index is 0.266. The standard InChI is InChI=1S/C17H25FN2O2/c1-12(2)9-10-19-15(21)17(3,4)16(22)20-11-13-5-7-14(18)8-6-13/h5-8,12H,9-11H2,1-4H3,(H,19,21)(H,20,22). The van der Waals surface area contributed by atoms with Gasteiger partial charge in [-0.05, 0) is 43.9 Å². The van der Waals surface area contributed by atoms with Crippen LogP contribution in [-0.2, 0) is 16.1 Å². The maximum Gasteiger partial charge on any atom is 0.235 e. The second kappa shape index (κ2) is 7.92. The fourth-order valence-electron chi connectivity index (χ4n) is 1.80. The molecule has 0 radical (unpaired) electrons. The van der Waals surface area contributed by atoms with Crippen molar-refractivity contribution >= 4 is 11.8 Å². The summed E-state index contributed by atoms with van der Waals surface area (Å²) in [4.78, 5) is 24.3. The highest BCUT2D eigenvalue weighted by Gasteiger charge is 2.35. The Labute approximate surface area is 131 Å². The Hall–Kier alpha value is -1.91. The average molecular weight is 308 g/mol. The van der Waals surface area contributed by atoms with E-state index in [1.54, 1.807) is 26.0 Å². The quantitative estimate of drug-likeness (QED) is 0.761. The Morgan fingerprint density at radius 1 is 1.09 bits per heavy atom. The largest absolute Gasteiger partial charge is 0.355 e. The number of carbonyl (C=O) groups is 2. The fourth-order valence-corrected chi connectivity index (χ4v) is 1.80. The lowest BCUT2D eigenvalue weighted by Gasteiger charge is -2.23. The second-order valence-electron chi connectivity index (χ2n) is 6.37. The number of benzene rings is 1. The van der Waals surface area contributed by atoms with Gasteiger partial charge in [0, 0.05) is 13.1 Å². The van der Waals surface area contributed by atoms with Crippen molar-refractivity contribution in [3.8, 4) is 0 Å². The molecule has 0 heterocycles. The third kappa shape index (κ3) is 5.47. The summed E-state index contributed by atoms with van der Waals surface area (Å²) in [6, 6.07) is 5.88. The van der Waals surface area contributed by atoms with Crippen molar-refractivity contribution < 1.29 is 14.0 Å². The van der Waals surface area contributed by atoms with Crippen molar-refractivity contribution in [1.29, 1.82) is 0 Å². The molecule has 0 aliphatic heterocycles. The molecule has 0 saturated heterocycles. The van der Waals surface area contributed by atoms with Gasteiger partial charge in [-0.1, -0.05) is 26.0 Å². The van der Waals surface area contributed by atoms with Gasteiger partial charge in [0.25, 0.3) is 0 Å². The van der Waals surface area contributed by atoms with Crippen LogP contribution in [0.3, 0.4) is 0 Å². The second-order valence-corrected chi connectivity index (χ2v) is 6.37. The Kier molecular flexibility index (Phi) is 6.53. The molecule has 1 rings (SSSR count). The van der Waals surface area contributed by atoms with Crippen LogP contribution in [0.2, 0.25) is 0 Å². The maximum absolute atomic E-state index is 12.8. The van der Waals surface area contributed by atoms with Crippen molar-refractivity contribution in [3.63, 3.8) is 0 Å².